The smallest absolute Gasteiger partial charge is 0.322 e. The molecule has 35 heavy (non-hydrogen) atoms. The Balaban J connectivity index is 1.42. The number of para-hydroxylation sites is 1. The molecule has 0 spiro atoms. The number of hydrogen-bond donors (Lipinski definition) is 1. The van der Waals surface area contributed by atoms with Gasteiger partial charge in [-0.25, -0.2) is 14.8 Å². The van der Waals surface area contributed by atoms with Crippen LogP contribution in [0, 0.1) is 0 Å². The minimum Gasteiger partial charge on any atom is -0.496 e. The number of morpholine rings is 1. The Bertz CT molecular complexity index is 1200. The van der Waals surface area contributed by atoms with Gasteiger partial charge in [0, 0.05) is 54.3 Å². The van der Waals surface area contributed by atoms with Crippen molar-refractivity contribution in [2.24, 2.45) is 0 Å². The fourth-order valence-electron chi connectivity index (χ4n) is 4.49. The molecule has 0 radical (unpaired) electrons. The van der Waals surface area contributed by atoms with E-state index in [1.807, 2.05) is 29.2 Å². The van der Waals surface area contributed by atoms with Crippen LogP contribution in [0.5, 0.6) is 5.75 Å². The third-order valence-electron chi connectivity index (χ3n) is 6.32. The molecule has 1 fully saturated rings. The van der Waals surface area contributed by atoms with E-state index < -0.39 is 0 Å². The quantitative estimate of drug-likeness (QED) is 0.575. The minimum atomic E-state index is -0.149. The van der Waals surface area contributed by atoms with Gasteiger partial charge in [-0.15, -0.1) is 0 Å². The summed E-state index contributed by atoms with van der Waals surface area (Å²) >= 11 is 5.97. The van der Waals surface area contributed by atoms with Crippen molar-refractivity contribution in [2.45, 2.75) is 19.4 Å². The first-order valence-corrected chi connectivity index (χ1v) is 12.1. The van der Waals surface area contributed by atoms with Crippen LogP contribution in [0.15, 0.2) is 48.5 Å². The van der Waals surface area contributed by atoms with Crippen molar-refractivity contribution in [1.82, 2.24) is 14.9 Å². The zero-order valence-corrected chi connectivity index (χ0v) is 20.4. The average Bonchev–Trinajstić information content (AvgIpc) is 2.90. The van der Waals surface area contributed by atoms with Gasteiger partial charge in [-0.3, -0.25) is 0 Å². The van der Waals surface area contributed by atoms with Crippen LogP contribution in [0.1, 0.15) is 22.6 Å². The van der Waals surface area contributed by atoms with Crippen LogP contribution in [0.2, 0.25) is 5.02 Å². The molecule has 3 heterocycles. The Morgan fingerprint density at radius 1 is 1.09 bits per heavy atom. The lowest BCUT2D eigenvalue weighted by Crippen LogP contribution is -2.42. The predicted octanol–water partition coefficient (Wildman–Crippen LogP) is 4.16. The van der Waals surface area contributed by atoms with Crippen LogP contribution in [-0.2, 0) is 24.1 Å². The Hall–Kier alpha value is -3.36. The molecule has 2 amide bonds. The van der Waals surface area contributed by atoms with Gasteiger partial charge in [0.05, 0.1) is 32.6 Å². The van der Waals surface area contributed by atoms with E-state index in [4.69, 9.17) is 31.0 Å². The van der Waals surface area contributed by atoms with E-state index in [1.54, 1.807) is 31.4 Å². The van der Waals surface area contributed by atoms with Crippen LogP contribution in [0.3, 0.4) is 0 Å². The number of fused-ring (bicyclic) bond motifs is 1. The fourth-order valence-corrected chi connectivity index (χ4v) is 4.62. The molecule has 2 aliphatic heterocycles. The molecule has 8 nitrogen and oxygen atoms in total. The zero-order valence-electron chi connectivity index (χ0n) is 19.7. The molecule has 0 bridgehead atoms. The van der Waals surface area contributed by atoms with Crippen molar-refractivity contribution < 1.29 is 14.3 Å². The lowest BCUT2D eigenvalue weighted by Gasteiger charge is -2.34. The summed E-state index contributed by atoms with van der Waals surface area (Å²) in [5, 5.41) is 3.60. The van der Waals surface area contributed by atoms with Crippen molar-refractivity contribution in [2.75, 3.05) is 50.2 Å². The number of halogens is 1. The molecule has 2 aliphatic rings. The van der Waals surface area contributed by atoms with E-state index in [-0.39, 0.29) is 6.03 Å². The summed E-state index contributed by atoms with van der Waals surface area (Å²) in [4.78, 5) is 27.0. The Labute approximate surface area is 209 Å². The van der Waals surface area contributed by atoms with E-state index in [0.29, 0.717) is 49.9 Å². The Morgan fingerprint density at radius 2 is 1.86 bits per heavy atom. The SMILES string of the molecule is COc1ccccc1Cc1nc2c(c(N3CCOCC3)n1)CN(C(=O)Nc1ccc(Cl)cc1)CC2. The van der Waals surface area contributed by atoms with Crippen LogP contribution in [-0.4, -0.2) is 60.9 Å². The monoisotopic (exact) mass is 493 g/mol. The first kappa shape index (κ1) is 23.4. The van der Waals surface area contributed by atoms with E-state index in [9.17, 15) is 4.79 Å². The van der Waals surface area contributed by atoms with E-state index >= 15 is 0 Å². The molecule has 0 aliphatic carbocycles. The molecule has 3 aromatic rings. The van der Waals surface area contributed by atoms with Gasteiger partial charge < -0.3 is 24.6 Å². The van der Waals surface area contributed by atoms with Crippen molar-refractivity contribution in [1.29, 1.82) is 0 Å². The maximum atomic E-state index is 13.0. The third kappa shape index (κ3) is 5.33. The van der Waals surface area contributed by atoms with E-state index in [0.717, 1.165) is 47.3 Å². The number of aromatic nitrogens is 2. The predicted molar refractivity (Wildman–Crippen MR) is 135 cm³/mol. The van der Waals surface area contributed by atoms with Crippen LogP contribution < -0.4 is 15.0 Å². The number of urea groups is 1. The van der Waals surface area contributed by atoms with Gasteiger partial charge >= 0.3 is 6.03 Å². The molecular formula is C26H28ClN5O3. The molecule has 0 atom stereocenters. The number of rotatable bonds is 5. The number of anilines is 2. The first-order valence-electron chi connectivity index (χ1n) is 11.8. The summed E-state index contributed by atoms with van der Waals surface area (Å²) in [5.41, 5.74) is 3.76. The molecule has 0 unspecified atom stereocenters. The highest BCUT2D eigenvalue weighted by atomic mass is 35.5. The lowest BCUT2D eigenvalue weighted by atomic mass is 10.0. The molecule has 182 valence electrons. The largest absolute Gasteiger partial charge is 0.496 e. The van der Waals surface area contributed by atoms with E-state index in [2.05, 4.69) is 10.2 Å². The molecule has 2 aromatic carbocycles. The van der Waals surface area contributed by atoms with Crippen LogP contribution in [0.25, 0.3) is 0 Å². The van der Waals surface area contributed by atoms with Crippen molar-refractivity contribution in [3.05, 3.63) is 76.2 Å². The number of carbonyl (C=O) groups excluding carboxylic acids is 1. The highest BCUT2D eigenvalue weighted by Crippen LogP contribution is 2.29. The molecule has 1 aromatic heterocycles. The number of nitrogens with one attached hydrogen (secondary N) is 1. The fraction of sp³-hybridized carbons (Fsp3) is 0.346. The standard InChI is InChI=1S/C26H28ClN5O3/c1-34-23-5-3-2-4-18(23)16-24-29-22-10-11-32(26(33)28-20-8-6-19(27)7-9-20)17-21(22)25(30-24)31-12-14-35-15-13-31/h2-9H,10-17H2,1H3,(H,28,33). The minimum absolute atomic E-state index is 0.149. The maximum absolute atomic E-state index is 13.0. The highest BCUT2D eigenvalue weighted by Gasteiger charge is 2.28. The van der Waals surface area contributed by atoms with Crippen LogP contribution >= 0.6 is 11.6 Å². The number of amides is 2. The molecule has 5 rings (SSSR count). The Kier molecular flexibility index (Phi) is 7.01. The molecule has 9 heteroatoms. The number of benzene rings is 2. The maximum Gasteiger partial charge on any atom is 0.322 e. The number of hydrogen-bond acceptors (Lipinski definition) is 6. The summed E-state index contributed by atoms with van der Waals surface area (Å²) in [6.45, 7) is 3.86. The second kappa shape index (κ2) is 10.5. The van der Waals surface area contributed by atoms with Crippen molar-refractivity contribution >= 4 is 29.1 Å². The second-order valence-electron chi connectivity index (χ2n) is 8.59. The zero-order chi connectivity index (χ0) is 24.2. The van der Waals surface area contributed by atoms with Crippen LogP contribution in [0.4, 0.5) is 16.3 Å². The van der Waals surface area contributed by atoms with Gasteiger partial charge in [0.25, 0.3) is 0 Å². The first-order chi connectivity index (χ1) is 17.1. The van der Waals surface area contributed by atoms with E-state index in [1.165, 1.54) is 0 Å². The van der Waals surface area contributed by atoms with Gasteiger partial charge in [0.15, 0.2) is 0 Å². The third-order valence-corrected chi connectivity index (χ3v) is 6.57. The van der Waals surface area contributed by atoms with Crippen molar-refractivity contribution in [3.63, 3.8) is 0 Å². The van der Waals surface area contributed by atoms with Crippen molar-refractivity contribution in [3.8, 4) is 5.75 Å². The molecular weight excluding hydrogens is 466 g/mol. The number of nitrogens with zero attached hydrogens (tertiary/aromatic N) is 4. The lowest BCUT2D eigenvalue weighted by molar-refractivity contribution is 0.122. The summed E-state index contributed by atoms with van der Waals surface area (Å²) in [6.07, 6.45) is 1.25. The van der Waals surface area contributed by atoms with Gasteiger partial charge in [0.2, 0.25) is 0 Å². The summed E-state index contributed by atoms with van der Waals surface area (Å²) in [6, 6.07) is 14.9. The van der Waals surface area contributed by atoms with Gasteiger partial charge in [-0.05, 0) is 30.3 Å². The Morgan fingerprint density at radius 3 is 2.63 bits per heavy atom. The van der Waals surface area contributed by atoms with Gasteiger partial charge in [-0.2, -0.15) is 0 Å². The topological polar surface area (TPSA) is 79.8 Å². The molecule has 0 saturated carbocycles. The molecule has 1 saturated heterocycles. The number of ether oxygens (including phenoxy) is 2. The number of methoxy groups -OCH3 is 1. The van der Waals surface area contributed by atoms with Gasteiger partial charge in [0.1, 0.15) is 17.4 Å². The normalized spacial score (nSPS) is 15.5. The highest BCUT2D eigenvalue weighted by molar-refractivity contribution is 6.30. The second-order valence-corrected chi connectivity index (χ2v) is 9.02. The summed E-state index contributed by atoms with van der Waals surface area (Å²) in [7, 11) is 1.68. The average molecular weight is 494 g/mol. The van der Waals surface area contributed by atoms with Gasteiger partial charge in [-0.1, -0.05) is 29.8 Å². The number of carbonyl (C=O) groups is 1. The molecule has 1 N–H and O–H groups in total. The summed E-state index contributed by atoms with van der Waals surface area (Å²) in [5.74, 6) is 2.48. The summed E-state index contributed by atoms with van der Waals surface area (Å²) < 4.78 is 11.1.